The lowest BCUT2D eigenvalue weighted by molar-refractivity contribution is -0.384. The largest absolute Gasteiger partial charge is 0.422 e. The average molecular weight is 621 g/mol. The molecule has 10 heteroatoms. The van der Waals surface area contributed by atoms with Gasteiger partial charge in [-0.15, -0.1) is 0 Å². The molecule has 0 atom stereocenters. The number of benzene rings is 4. The van der Waals surface area contributed by atoms with E-state index < -0.39 is 16.8 Å². The zero-order valence-electron chi connectivity index (χ0n) is 18.8. The highest BCUT2D eigenvalue weighted by molar-refractivity contribution is 9.10. The zero-order valence-corrected chi connectivity index (χ0v) is 21.9. The van der Waals surface area contributed by atoms with E-state index in [2.05, 4.69) is 37.2 Å². The molecule has 0 aliphatic heterocycles. The van der Waals surface area contributed by atoms with Crippen LogP contribution < -0.4 is 10.1 Å². The summed E-state index contributed by atoms with van der Waals surface area (Å²) in [5.74, 6) is -1.19. The van der Waals surface area contributed by atoms with E-state index in [9.17, 15) is 25.0 Å². The van der Waals surface area contributed by atoms with Crippen molar-refractivity contribution in [2.75, 3.05) is 5.32 Å². The molecule has 1 N–H and O–H groups in total. The van der Waals surface area contributed by atoms with Crippen molar-refractivity contribution in [1.82, 2.24) is 0 Å². The first-order valence-corrected chi connectivity index (χ1v) is 12.2. The number of ether oxygens (including phenoxy) is 1. The number of nitriles is 1. The number of halogens is 2. The van der Waals surface area contributed by atoms with Crippen molar-refractivity contribution >= 4 is 72.0 Å². The number of carbonyl (C=O) groups excluding carboxylic acids is 2. The number of non-ortho nitro benzene ring substituents is 1. The summed E-state index contributed by atoms with van der Waals surface area (Å²) < 4.78 is 6.59. The van der Waals surface area contributed by atoms with Crippen molar-refractivity contribution in [3.05, 3.63) is 115 Å². The maximum Gasteiger partial charge on any atom is 0.344 e. The van der Waals surface area contributed by atoms with Gasteiger partial charge in [0.25, 0.3) is 11.6 Å². The molecule has 4 aromatic carbocycles. The Kier molecular flexibility index (Phi) is 7.77. The fourth-order valence-electron chi connectivity index (χ4n) is 3.50. The van der Waals surface area contributed by atoms with E-state index in [0.717, 1.165) is 10.8 Å². The summed E-state index contributed by atoms with van der Waals surface area (Å²) >= 11 is 6.54. The quantitative estimate of drug-likeness (QED) is 0.0616. The SMILES string of the molecule is N#C/C(=C\c1cc(Br)ccc1OC(=O)c1cccc2ccccc12)C(=O)Nc1ccc([N+](=O)[O-])cc1Br. The summed E-state index contributed by atoms with van der Waals surface area (Å²) in [6.45, 7) is 0. The molecule has 0 spiro atoms. The maximum atomic E-state index is 13.1. The summed E-state index contributed by atoms with van der Waals surface area (Å²) in [6, 6.07) is 23.2. The topological polar surface area (TPSA) is 122 Å². The molecule has 0 radical (unpaired) electrons. The highest BCUT2D eigenvalue weighted by atomic mass is 79.9. The Morgan fingerprint density at radius 3 is 2.49 bits per heavy atom. The Bertz CT molecular complexity index is 1640. The molecule has 0 unspecified atom stereocenters. The predicted octanol–water partition coefficient (Wildman–Crippen LogP) is 7.04. The molecule has 8 nitrogen and oxygen atoms in total. The second kappa shape index (κ2) is 11.2. The number of nitrogens with zero attached hydrogens (tertiary/aromatic N) is 2. The number of amides is 1. The molecule has 37 heavy (non-hydrogen) atoms. The second-order valence-corrected chi connectivity index (χ2v) is 9.41. The number of nitro groups is 1. The molecule has 0 fully saturated rings. The number of fused-ring (bicyclic) bond motifs is 1. The third kappa shape index (κ3) is 5.91. The van der Waals surface area contributed by atoms with Gasteiger partial charge in [0, 0.05) is 26.6 Å². The van der Waals surface area contributed by atoms with Crippen molar-refractivity contribution in [3.8, 4) is 11.8 Å². The van der Waals surface area contributed by atoms with E-state index in [0.29, 0.717) is 15.6 Å². The normalized spacial score (nSPS) is 11.0. The van der Waals surface area contributed by atoms with Crippen LogP contribution in [-0.4, -0.2) is 16.8 Å². The predicted molar refractivity (Wildman–Crippen MR) is 146 cm³/mol. The van der Waals surface area contributed by atoms with E-state index in [1.54, 1.807) is 30.3 Å². The molecule has 4 rings (SSSR count). The van der Waals surface area contributed by atoms with Gasteiger partial charge in [-0.05, 0) is 63.1 Å². The molecule has 0 saturated heterocycles. The molecule has 0 aliphatic carbocycles. The van der Waals surface area contributed by atoms with Crippen molar-refractivity contribution < 1.29 is 19.2 Å². The third-order valence-electron chi connectivity index (χ3n) is 5.26. The van der Waals surface area contributed by atoms with E-state index >= 15 is 0 Å². The van der Waals surface area contributed by atoms with Crippen LogP contribution in [0, 0.1) is 21.4 Å². The van der Waals surface area contributed by atoms with Gasteiger partial charge >= 0.3 is 5.97 Å². The van der Waals surface area contributed by atoms with Crippen LogP contribution in [0.15, 0.2) is 93.4 Å². The number of esters is 1. The second-order valence-electron chi connectivity index (χ2n) is 7.64. The standard InChI is InChI=1S/C27H15Br2N3O5/c28-19-8-11-25(37-27(34)22-7-3-5-16-4-1-2-6-21(16)22)17(13-19)12-18(15-30)26(33)31-24-10-9-20(32(35)36)14-23(24)29/h1-14H,(H,31,33)/b18-12+. The highest BCUT2D eigenvalue weighted by Gasteiger charge is 2.18. The van der Waals surface area contributed by atoms with Gasteiger partial charge in [-0.25, -0.2) is 4.79 Å². The minimum atomic E-state index is -0.747. The van der Waals surface area contributed by atoms with Gasteiger partial charge in [-0.1, -0.05) is 52.3 Å². The van der Waals surface area contributed by atoms with Crippen LogP contribution in [0.4, 0.5) is 11.4 Å². The number of nitro benzene ring substituents is 1. The lowest BCUT2D eigenvalue weighted by Gasteiger charge is -2.11. The Morgan fingerprint density at radius 1 is 1.00 bits per heavy atom. The summed E-state index contributed by atoms with van der Waals surface area (Å²) in [5, 5.41) is 24.8. The number of rotatable bonds is 6. The monoisotopic (exact) mass is 619 g/mol. The molecule has 0 bridgehead atoms. The minimum absolute atomic E-state index is 0.151. The van der Waals surface area contributed by atoms with Crippen LogP contribution in [0.25, 0.3) is 16.8 Å². The summed E-state index contributed by atoms with van der Waals surface area (Å²) in [7, 11) is 0. The van der Waals surface area contributed by atoms with Crippen molar-refractivity contribution in [1.29, 1.82) is 5.26 Å². The number of carbonyl (C=O) groups is 2. The van der Waals surface area contributed by atoms with Crippen molar-refractivity contribution in [2.24, 2.45) is 0 Å². The van der Waals surface area contributed by atoms with Gasteiger partial charge in [0.15, 0.2) is 0 Å². The Labute approximate surface area is 227 Å². The minimum Gasteiger partial charge on any atom is -0.422 e. The molecule has 0 aliphatic rings. The van der Waals surface area contributed by atoms with Gasteiger partial charge in [0.2, 0.25) is 0 Å². The molecule has 0 aromatic heterocycles. The number of hydrogen-bond acceptors (Lipinski definition) is 6. The van der Waals surface area contributed by atoms with Crippen LogP contribution in [0.5, 0.6) is 5.75 Å². The van der Waals surface area contributed by atoms with Crippen molar-refractivity contribution in [3.63, 3.8) is 0 Å². The molecule has 182 valence electrons. The molecule has 0 heterocycles. The first-order chi connectivity index (χ1) is 17.8. The van der Waals surface area contributed by atoms with Gasteiger partial charge in [-0.3, -0.25) is 14.9 Å². The van der Waals surface area contributed by atoms with Crippen LogP contribution in [0.1, 0.15) is 15.9 Å². The van der Waals surface area contributed by atoms with Crippen LogP contribution in [0.3, 0.4) is 0 Å². The van der Waals surface area contributed by atoms with Crippen LogP contribution in [-0.2, 0) is 4.79 Å². The fourth-order valence-corrected chi connectivity index (χ4v) is 4.34. The van der Waals surface area contributed by atoms with Gasteiger partial charge in [0.05, 0.1) is 16.2 Å². The number of hydrogen-bond donors (Lipinski definition) is 1. The van der Waals surface area contributed by atoms with E-state index in [1.165, 1.54) is 24.3 Å². The molecule has 1 amide bonds. The first-order valence-electron chi connectivity index (χ1n) is 10.6. The molecular weight excluding hydrogens is 606 g/mol. The third-order valence-corrected chi connectivity index (χ3v) is 6.41. The van der Waals surface area contributed by atoms with E-state index in [-0.39, 0.29) is 27.2 Å². The summed E-state index contributed by atoms with van der Waals surface area (Å²) in [5.41, 5.74) is 0.502. The summed E-state index contributed by atoms with van der Waals surface area (Å²) in [4.78, 5) is 36.3. The molecule has 0 saturated carbocycles. The maximum absolute atomic E-state index is 13.1. The highest BCUT2D eigenvalue weighted by Crippen LogP contribution is 2.30. The fraction of sp³-hybridized carbons (Fsp3) is 0. The number of nitrogens with one attached hydrogen (secondary N) is 1. The lowest BCUT2D eigenvalue weighted by Crippen LogP contribution is -2.14. The van der Waals surface area contributed by atoms with Gasteiger partial charge in [0.1, 0.15) is 17.4 Å². The van der Waals surface area contributed by atoms with E-state index in [4.69, 9.17) is 4.74 Å². The molecule has 4 aromatic rings. The first kappa shape index (κ1) is 25.8. The zero-order chi connectivity index (χ0) is 26.5. The lowest BCUT2D eigenvalue weighted by atomic mass is 10.0. The Hall–Kier alpha value is -4.33. The van der Waals surface area contributed by atoms with Gasteiger partial charge < -0.3 is 10.1 Å². The number of anilines is 1. The van der Waals surface area contributed by atoms with Crippen molar-refractivity contribution in [2.45, 2.75) is 0 Å². The van der Waals surface area contributed by atoms with E-state index in [1.807, 2.05) is 36.4 Å². The smallest absolute Gasteiger partial charge is 0.344 e. The Morgan fingerprint density at radius 2 is 1.76 bits per heavy atom. The Balaban J connectivity index is 1.63. The molecular formula is C27H15Br2N3O5. The van der Waals surface area contributed by atoms with Crippen LogP contribution >= 0.6 is 31.9 Å². The average Bonchev–Trinajstić information content (AvgIpc) is 2.89. The van der Waals surface area contributed by atoms with Gasteiger partial charge in [-0.2, -0.15) is 5.26 Å². The summed E-state index contributed by atoms with van der Waals surface area (Å²) in [6.07, 6.45) is 1.30. The van der Waals surface area contributed by atoms with Crippen LogP contribution in [0.2, 0.25) is 0 Å².